The summed E-state index contributed by atoms with van der Waals surface area (Å²) in [6.45, 7) is 3.33. The van der Waals surface area contributed by atoms with Crippen LogP contribution in [0.5, 0.6) is 0 Å². The predicted octanol–water partition coefficient (Wildman–Crippen LogP) is 4.18. The molecular formula is C18H24N2S. The minimum absolute atomic E-state index is 0.308. The van der Waals surface area contributed by atoms with E-state index in [2.05, 4.69) is 52.9 Å². The third-order valence-electron chi connectivity index (χ3n) is 4.76. The fraction of sp³-hybridized carbons (Fsp3) is 0.500. The quantitative estimate of drug-likeness (QED) is 0.830. The van der Waals surface area contributed by atoms with Gasteiger partial charge in [-0.2, -0.15) is 0 Å². The van der Waals surface area contributed by atoms with Crippen molar-refractivity contribution in [2.24, 2.45) is 0 Å². The summed E-state index contributed by atoms with van der Waals surface area (Å²) in [7, 11) is 0. The smallest absolute Gasteiger partial charge is 0.0940 e. The lowest BCUT2D eigenvalue weighted by Crippen LogP contribution is -2.54. The Bertz CT molecular complexity index is 532. The Kier molecular flexibility index (Phi) is 4.71. The van der Waals surface area contributed by atoms with Crippen LogP contribution >= 0.6 is 11.3 Å². The lowest BCUT2D eigenvalue weighted by molar-refractivity contribution is 0.168. The molecule has 1 fully saturated rings. The summed E-state index contributed by atoms with van der Waals surface area (Å²) in [5.74, 6) is 0. The van der Waals surface area contributed by atoms with Gasteiger partial charge in [-0.1, -0.05) is 43.7 Å². The zero-order valence-electron chi connectivity index (χ0n) is 12.7. The highest BCUT2D eigenvalue weighted by Crippen LogP contribution is 2.47. The van der Waals surface area contributed by atoms with Gasteiger partial charge in [0.2, 0.25) is 0 Å². The molecule has 1 aliphatic rings. The van der Waals surface area contributed by atoms with Crippen molar-refractivity contribution in [3.63, 3.8) is 0 Å². The van der Waals surface area contributed by atoms with Crippen molar-refractivity contribution in [1.29, 1.82) is 0 Å². The lowest BCUT2D eigenvalue weighted by atomic mass is 9.59. The number of nitrogens with one attached hydrogen (secondary N) is 1. The molecule has 1 unspecified atom stereocenters. The number of benzene rings is 1. The summed E-state index contributed by atoms with van der Waals surface area (Å²) >= 11 is 1.78. The molecule has 1 saturated carbocycles. The molecule has 1 atom stereocenters. The van der Waals surface area contributed by atoms with Crippen LogP contribution in [0.4, 0.5) is 0 Å². The van der Waals surface area contributed by atoms with E-state index in [0.29, 0.717) is 11.5 Å². The van der Waals surface area contributed by atoms with Gasteiger partial charge in [-0.05, 0) is 31.4 Å². The Morgan fingerprint density at radius 1 is 1.29 bits per heavy atom. The number of rotatable bonds is 7. The van der Waals surface area contributed by atoms with Gasteiger partial charge >= 0.3 is 0 Å². The average Bonchev–Trinajstić information content (AvgIpc) is 2.97. The normalized spacial score (nSPS) is 18.1. The molecule has 0 aliphatic heterocycles. The maximum Gasteiger partial charge on any atom is 0.0940 e. The van der Waals surface area contributed by atoms with Gasteiger partial charge in [0.1, 0.15) is 0 Å². The van der Waals surface area contributed by atoms with E-state index in [9.17, 15) is 0 Å². The second kappa shape index (κ2) is 6.71. The highest BCUT2D eigenvalue weighted by Gasteiger charge is 2.45. The fourth-order valence-electron chi connectivity index (χ4n) is 3.48. The van der Waals surface area contributed by atoms with Crippen molar-refractivity contribution >= 4 is 11.3 Å². The van der Waals surface area contributed by atoms with Gasteiger partial charge in [-0.3, -0.25) is 0 Å². The van der Waals surface area contributed by atoms with Crippen molar-refractivity contribution in [3.05, 3.63) is 52.5 Å². The first-order valence-corrected chi connectivity index (χ1v) is 8.90. The number of hydrogen-bond acceptors (Lipinski definition) is 3. The van der Waals surface area contributed by atoms with Crippen LogP contribution in [0, 0.1) is 0 Å². The Morgan fingerprint density at radius 3 is 2.67 bits per heavy atom. The highest BCUT2D eigenvalue weighted by atomic mass is 32.1. The molecule has 0 amide bonds. The monoisotopic (exact) mass is 300 g/mol. The first kappa shape index (κ1) is 14.7. The van der Waals surface area contributed by atoms with E-state index in [0.717, 1.165) is 13.0 Å². The maximum atomic E-state index is 4.51. The number of thiazole rings is 1. The largest absolute Gasteiger partial charge is 0.313 e. The summed E-state index contributed by atoms with van der Waals surface area (Å²) in [5, 5.41) is 7.16. The minimum Gasteiger partial charge on any atom is -0.313 e. The van der Waals surface area contributed by atoms with Gasteiger partial charge in [0.25, 0.3) is 0 Å². The molecule has 2 nitrogen and oxygen atoms in total. The first-order valence-electron chi connectivity index (χ1n) is 8.02. The van der Waals surface area contributed by atoms with Gasteiger partial charge in [0.15, 0.2) is 0 Å². The molecule has 0 radical (unpaired) electrons. The van der Waals surface area contributed by atoms with Gasteiger partial charge in [-0.25, -0.2) is 4.98 Å². The van der Waals surface area contributed by atoms with Crippen LogP contribution in [0.3, 0.4) is 0 Å². The van der Waals surface area contributed by atoms with Crippen LogP contribution < -0.4 is 5.32 Å². The van der Waals surface area contributed by atoms with E-state index in [-0.39, 0.29) is 0 Å². The Morgan fingerprint density at radius 2 is 2.10 bits per heavy atom. The molecule has 112 valence electrons. The molecule has 3 rings (SSSR count). The molecule has 1 N–H and O–H groups in total. The maximum absolute atomic E-state index is 4.51. The molecule has 1 aliphatic carbocycles. The average molecular weight is 300 g/mol. The molecule has 2 aromatic rings. The van der Waals surface area contributed by atoms with Gasteiger partial charge in [0, 0.05) is 29.5 Å². The van der Waals surface area contributed by atoms with Crippen LogP contribution in [0.15, 0.2) is 41.9 Å². The molecule has 0 saturated heterocycles. The van der Waals surface area contributed by atoms with Crippen LogP contribution in [-0.2, 0) is 11.8 Å². The Hall–Kier alpha value is -1.19. The second-order valence-electron chi connectivity index (χ2n) is 6.01. The number of nitrogens with zero attached hydrogens (tertiary/aromatic N) is 1. The lowest BCUT2D eigenvalue weighted by Gasteiger charge is -2.48. The van der Waals surface area contributed by atoms with Gasteiger partial charge in [0.05, 0.1) is 5.01 Å². The van der Waals surface area contributed by atoms with Gasteiger partial charge in [-0.15, -0.1) is 11.3 Å². The van der Waals surface area contributed by atoms with Crippen molar-refractivity contribution in [3.8, 4) is 0 Å². The van der Waals surface area contributed by atoms with Crippen molar-refractivity contribution in [2.45, 2.75) is 50.5 Å². The summed E-state index contributed by atoms with van der Waals surface area (Å²) in [6.07, 6.45) is 8.09. The topological polar surface area (TPSA) is 24.9 Å². The molecule has 1 heterocycles. The predicted molar refractivity (Wildman–Crippen MR) is 89.9 cm³/mol. The number of hydrogen-bond donors (Lipinski definition) is 1. The summed E-state index contributed by atoms with van der Waals surface area (Å²) in [6, 6.07) is 11.6. The zero-order valence-corrected chi connectivity index (χ0v) is 13.5. The van der Waals surface area contributed by atoms with Crippen molar-refractivity contribution in [2.75, 3.05) is 6.54 Å². The van der Waals surface area contributed by atoms with Crippen molar-refractivity contribution in [1.82, 2.24) is 10.3 Å². The summed E-state index contributed by atoms with van der Waals surface area (Å²) < 4.78 is 0. The standard InChI is InChI=1S/C18H24N2S/c1-2-11-19-16(14-17-20-12-13-21-17)18(9-6-10-18)15-7-4-3-5-8-15/h3-5,7-8,12-13,16,19H,2,6,9-11,14H2,1H3. The van der Waals surface area contributed by atoms with E-state index >= 15 is 0 Å². The van der Waals surface area contributed by atoms with Crippen molar-refractivity contribution < 1.29 is 0 Å². The zero-order chi connectivity index (χ0) is 14.5. The van der Waals surface area contributed by atoms with Crippen LogP contribution in [0.1, 0.15) is 43.2 Å². The Balaban J connectivity index is 1.86. The summed E-state index contributed by atoms with van der Waals surface area (Å²) in [4.78, 5) is 4.51. The Labute approximate surface area is 131 Å². The molecule has 1 aromatic carbocycles. The van der Waals surface area contributed by atoms with E-state index < -0.39 is 0 Å². The highest BCUT2D eigenvalue weighted by molar-refractivity contribution is 7.09. The molecule has 3 heteroatoms. The SMILES string of the molecule is CCCNC(Cc1nccs1)C1(c2ccccc2)CCC1. The van der Waals surface area contributed by atoms with E-state index in [4.69, 9.17) is 0 Å². The molecule has 0 bridgehead atoms. The molecule has 0 spiro atoms. The summed E-state index contributed by atoms with van der Waals surface area (Å²) in [5.41, 5.74) is 1.81. The van der Waals surface area contributed by atoms with E-state index in [1.54, 1.807) is 11.3 Å². The minimum atomic E-state index is 0.308. The van der Waals surface area contributed by atoms with Crippen LogP contribution in [0.25, 0.3) is 0 Å². The third kappa shape index (κ3) is 3.04. The fourth-order valence-corrected chi connectivity index (χ4v) is 4.14. The first-order chi connectivity index (χ1) is 10.3. The number of aromatic nitrogens is 1. The second-order valence-corrected chi connectivity index (χ2v) is 6.99. The van der Waals surface area contributed by atoms with E-state index in [1.165, 1.54) is 36.3 Å². The molecule has 1 aromatic heterocycles. The van der Waals surface area contributed by atoms with Gasteiger partial charge < -0.3 is 5.32 Å². The molecule has 21 heavy (non-hydrogen) atoms. The van der Waals surface area contributed by atoms with E-state index in [1.807, 2.05) is 6.20 Å². The van der Waals surface area contributed by atoms with Crippen LogP contribution in [0.2, 0.25) is 0 Å². The third-order valence-corrected chi connectivity index (χ3v) is 5.57. The van der Waals surface area contributed by atoms with Crippen LogP contribution in [-0.4, -0.2) is 17.6 Å². The molecular weight excluding hydrogens is 276 g/mol.